The Morgan fingerprint density at radius 1 is 1.31 bits per heavy atom. The average Bonchev–Trinajstić information content (AvgIpc) is 3.30. The Kier molecular flexibility index (Phi) is 5.15. The molecule has 1 aromatic heterocycles. The van der Waals surface area contributed by atoms with Crippen molar-refractivity contribution in [3.63, 3.8) is 0 Å². The molecule has 2 amide bonds. The van der Waals surface area contributed by atoms with Crippen molar-refractivity contribution < 1.29 is 9.53 Å². The van der Waals surface area contributed by atoms with E-state index < -0.39 is 6.03 Å². The molecule has 0 saturated carbocycles. The van der Waals surface area contributed by atoms with Crippen molar-refractivity contribution in [1.82, 2.24) is 10.3 Å². The van der Waals surface area contributed by atoms with Crippen LogP contribution in [0.1, 0.15) is 37.4 Å². The minimum atomic E-state index is -0.490. The molecule has 0 unspecified atom stereocenters. The number of hydrogen-bond donors (Lipinski definition) is 3. The van der Waals surface area contributed by atoms with E-state index in [1.54, 1.807) is 11.3 Å². The Balaban J connectivity index is 1.63. The summed E-state index contributed by atoms with van der Waals surface area (Å²) in [6.45, 7) is 3.95. The third-order valence-corrected chi connectivity index (χ3v) is 6.06. The predicted molar refractivity (Wildman–Crippen MR) is 117 cm³/mol. The number of nitrogen functional groups attached to an aromatic ring is 1. The standard InChI is InChI=1S/C22H24N4O2S/c1-12(2)28-19-9-6-13(10-17(19)23)21-25-11-20(29-21)16-5-3-4-15-14(16)7-8-18(15)26-22(24)27/h3-6,9-12,18H,7-8,23H2,1-2H3,(H3,24,26,27)/t18-/m0/s1. The van der Waals surface area contributed by atoms with E-state index in [9.17, 15) is 4.79 Å². The monoisotopic (exact) mass is 408 g/mol. The van der Waals surface area contributed by atoms with Crippen LogP contribution in [0.15, 0.2) is 42.6 Å². The highest BCUT2D eigenvalue weighted by Crippen LogP contribution is 2.41. The summed E-state index contributed by atoms with van der Waals surface area (Å²) in [5.74, 6) is 0.689. The second kappa shape index (κ2) is 7.75. The molecule has 0 fully saturated rings. The van der Waals surface area contributed by atoms with Gasteiger partial charge < -0.3 is 21.5 Å². The van der Waals surface area contributed by atoms with Crippen LogP contribution in [0.2, 0.25) is 0 Å². The molecule has 1 heterocycles. The lowest BCUT2D eigenvalue weighted by atomic mass is 10.0. The minimum absolute atomic E-state index is 0.0249. The van der Waals surface area contributed by atoms with Crippen LogP contribution in [0.5, 0.6) is 5.75 Å². The van der Waals surface area contributed by atoms with Crippen molar-refractivity contribution in [3.8, 4) is 26.8 Å². The molecular formula is C22H24N4O2S. The smallest absolute Gasteiger partial charge is 0.312 e. The normalized spacial score (nSPS) is 15.3. The number of nitrogens with one attached hydrogen (secondary N) is 1. The van der Waals surface area contributed by atoms with Gasteiger partial charge in [-0.3, -0.25) is 0 Å². The van der Waals surface area contributed by atoms with E-state index in [1.165, 1.54) is 5.56 Å². The fourth-order valence-electron chi connectivity index (χ4n) is 3.78. The van der Waals surface area contributed by atoms with Gasteiger partial charge in [-0.1, -0.05) is 18.2 Å². The highest BCUT2D eigenvalue weighted by Gasteiger charge is 2.26. The molecule has 29 heavy (non-hydrogen) atoms. The van der Waals surface area contributed by atoms with Crippen LogP contribution in [-0.4, -0.2) is 17.1 Å². The van der Waals surface area contributed by atoms with E-state index in [1.807, 2.05) is 44.3 Å². The summed E-state index contributed by atoms with van der Waals surface area (Å²) in [4.78, 5) is 17.0. The first-order valence-electron chi connectivity index (χ1n) is 9.63. The molecule has 5 N–H and O–H groups in total. The largest absolute Gasteiger partial charge is 0.489 e. The number of primary amides is 1. The van der Waals surface area contributed by atoms with Crippen LogP contribution in [0.25, 0.3) is 21.0 Å². The topological polar surface area (TPSA) is 103 Å². The van der Waals surface area contributed by atoms with E-state index in [0.717, 1.165) is 39.4 Å². The van der Waals surface area contributed by atoms with Gasteiger partial charge >= 0.3 is 6.03 Å². The third kappa shape index (κ3) is 3.91. The summed E-state index contributed by atoms with van der Waals surface area (Å²) in [6, 6.07) is 11.5. The Hall–Kier alpha value is -3.06. The van der Waals surface area contributed by atoms with E-state index in [-0.39, 0.29) is 12.1 Å². The zero-order chi connectivity index (χ0) is 20.5. The van der Waals surface area contributed by atoms with Gasteiger partial charge in [0.05, 0.1) is 22.7 Å². The molecule has 1 aliphatic carbocycles. The number of hydrogen-bond acceptors (Lipinski definition) is 5. The van der Waals surface area contributed by atoms with Crippen molar-refractivity contribution in [3.05, 3.63) is 53.7 Å². The number of nitrogens with zero attached hydrogens (tertiary/aromatic N) is 1. The van der Waals surface area contributed by atoms with Crippen LogP contribution in [-0.2, 0) is 6.42 Å². The number of ether oxygens (including phenoxy) is 1. The van der Waals surface area contributed by atoms with Gasteiger partial charge in [-0.15, -0.1) is 11.3 Å². The molecule has 150 valence electrons. The van der Waals surface area contributed by atoms with Crippen molar-refractivity contribution in [1.29, 1.82) is 0 Å². The third-order valence-electron chi connectivity index (χ3n) is 4.98. The van der Waals surface area contributed by atoms with Gasteiger partial charge in [-0.25, -0.2) is 9.78 Å². The fourth-order valence-corrected chi connectivity index (χ4v) is 4.75. The number of anilines is 1. The Morgan fingerprint density at radius 3 is 2.86 bits per heavy atom. The molecule has 3 aromatic rings. The van der Waals surface area contributed by atoms with Crippen LogP contribution in [0, 0.1) is 0 Å². The van der Waals surface area contributed by atoms with Crippen LogP contribution in [0.3, 0.4) is 0 Å². The van der Waals surface area contributed by atoms with Crippen LogP contribution >= 0.6 is 11.3 Å². The fraction of sp³-hybridized carbons (Fsp3) is 0.273. The summed E-state index contributed by atoms with van der Waals surface area (Å²) in [5, 5.41) is 3.74. The molecule has 1 atom stereocenters. The molecule has 0 spiro atoms. The number of aromatic nitrogens is 1. The Morgan fingerprint density at radius 2 is 2.14 bits per heavy atom. The summed E-state index contributed by atoms with van der Waals surface area (Å²) in [5.41, 5.74) is 16.6. The second-order valence-corrected chi connectivity index (χ2v) is 8.45. The Bertz CT molecular complexity index is 1060. The first-order valence-corrected chi connectivity index (χ1v) is 10.4. The number of urea groups is 1. The average molecular weight is 409 g/mol. The van der Waals surface area contributed by atoms with E-state index in [2.05, 4.69) is 22.4 Å². The number of rotatable bonds is 5. The highest BCUT2D eigenvalue weighted by atomic mass is 32.1. The van der Waals surface area contributed by atoms with E-state index >= 15 is 0 Å². The minimum Gasteiger partial charge on any atom is -0.489 e. The molecule has 0 bridgehead atoms. The number of thiazole rings is 1. The molecule has 4 rings (SSSR count). The summed E-state index contributed by atoms with van der Waals surface area (Å²) in [6.07, 6.45) is 3.73. The highest BCUT2D eigenvalue weighted by molar-refractivity contribution is 7.18. The van der Waals surface area contributed by atoms with Crippen LogP contribution in [0.4, 0.5) is 10.5 Å². The maximum absolute atomic E-state index is 11.3. The predicted octanol–water partition coefficient (Wildman–Crippen LogP) is 4.50. The molecule has 0 saturated heterocycles. The SMILES string of the molecule is CC(C)Oc1ccc(-c2ncc(-c3cccc4c3CC[C@@H]4NC(N)=O)s2)cc1N. The molecule has 7 heteroatoms. The lowest BCUT2D eigenvalue weighted by molar-refractivity contribution is 0.243. The van der Waals surface area contributed by atoms with Crippen molar-refractivity contribution in [2.75, 3.05) is 5.73 Å². The van der Waals surface area contributed by atoms with E-state index in [0.29, 0.717) is 11.4 Å². The summed E-state index contributed by atoms with van der Waals surface area (Å²) >= 11 is 1.63. The first-order chi connectivity index (χ1) is 13.9. The van der Waals surface area contributed by atoms with Gasteiger partial charge in [0.25, 0.3) is 0 Å². The number of nitrogens with two attached hydrogens (primary N) is 2. The molecule has 0 aliphatic heterocycles. The Labute approximate surface area is 173 Å². The zero-order valence-electron chi connectivity index (χ0n) is 16.4. The van der Waals surface area contributed by atoms with E-state index in [4.69, 9.17) is 16.2 Å². The van der Waals surface area contributed by atoms with Crippen molar-refractivity contribution in [2.45, 2.75) is 38.8 Å². The quantitative estimate of drug-likeness (QED) is 0.541. The van der Waals surface area contributed by atoms with Gasteiger partial charge in [0.1, 0.15) is 10.8 Å². The van der Waals surface area contributed by atoms with Gasteiger partial charge in [0.2, 0.25) is 0 Å². The molecule has 2 aromatic carbocycles. The zero-order valence-corrected chi connectivity index (χ0v) is 17.3. The number of carbonyl (C=O) groups excluding carboxylic acids is 1. The molecule has 0 radical (unpaired) electrons. The first kappa shape index (κ1) is 19.3. The number of amides is 2. The number of benzene rings is 2. The number of carbonyl (C=O) groups is 1. The summed E-state index contributed by atoms with van der Waals surface area (Å²) in [7, 11) is 0. The molecule has 1 aliphatic rings. The van der Waals surface area contributed by atoms with Gasteiger partial charge in [0, 0.05) is 11.8 Å². The second-order valence-electron chi connectivity index (χ2n) is 7.42. The maximum Gasteiger partial charge on any atom is 0.312 e. The lowest BCUT2D eigenvalue weighted by Gasteiger charge is -2.13. The van der Waals surface area contributed by atoms with Crippen molar-refractivity contribution in [2.24, 2.45) is 5.73 Å². The van der Waals surface area contributed by atoms with Gasteiger partial charge in [0.15, 0.2) is 0 Å². The molecule has 6 nitrogen and oxygen atoms in total. The summed E-state index contributed by atoms with van der Waals surface area (Å²) < 4.78 is 5.72. The van der Waals surface area contributed by atoms with Crippen LogP contribution < -0.4 is 21.5 Å². The maximum atomic E-state index is 11.3. The molecular weight excluding hydrogens is 384 g/mol. The van der Waals surface area contributed by atoms with Gasteiger partial charge in [-0.05, 0) is 61.6 Å². The number of fused-ring (bicyclic) bond motifs is 1. The van der Waals surface area contributed by atoms with Gasteiger partial charge in [-0.2, -0.15) is 0 Å². The lowest BCUT2D eigenvalue weighted by Crippen LogP contribution is -2.32. The van der Waals surface area contributed by atoms with Crippen molar-refractivity contribution >= 4 is 23.1 Å².